The van der Waals surface area contributed by atoms with Crippen LogP contribution in [0.25, 0.3) is 0 Å². The highest BCUT2D eigenvalue weighted by atomic mass is 32.2. The van der Waals surface area contributed by atoms with Gasteiger partial charge in [-0.3, -0.25) is 9.59 Å². The number of aryl methyl sites for hydroxylation is 1. The number of nitrogens with one attached hydrogen (secondary N) is 1. The zero-order valence-electron chi connectivity index (χ0n) is 19.4. The molecule has 4 rings (SSSR count). The number of likely N-dealkylation sites (N-methyl/N-ethyl adjacent to an activating group) is 1. The lowest BCUT2D eigenvalue weighted by Gasteiger charge is -2.28. The van der Waals surface area contributed by atoms with Crippen molar-refractivity contribution in [2.75, 3.05) is 25.5 Å². The predicted molar refractivity (Wildman–Crippen MR) is 134 cm³/mol. The first-order chi connectivity index (χ1) is 16.2. The van der Waals surface area contributed by atoms with E-state index < -0.39 is 15.9 Å². The van der Waals surface area contributed by atoms with Crippen molar-refractivity contribution in [1.82, 2.24) is 9.21 Å². The molecular weight excluding hydrogens is 470 g/mol. The van der Waals surface area contributed by atoms with Crippen molar-refractivity contribution in [2.45, 2.75) is 31.7 Å². The third-order valence-corrected chi connectivity index (χ3v) is 9.06. The van der Waals surface area contributed by atoms with E-state index in [4.69, 9.17) is 0 Å². The first-order valence-corrected chi connectivity index (χ1v) is 13.3. The summed E-state index contributed by atoms with van der Waals surface area (Å²) in [6.45, 7) is 4.32. The number of carbonyl (C=O) groups is 2. The van der Waals surface area contributed by atoms with Crippen molar-refractivity contribution < 1.29 is 18.0 Å². The topological polar surface area (TPSA) is 86.8 Å². The minimum Gasteiger partial charge on any atom is -0.332 e. The largest absolute Gasteiger partial charge is 0.332 e. The van der Waals surface area contributed by atoms with E-state index in [0.29, 0.717) is 18.7 Å². The zero-order valence-corrected chi connectivity index (χ0v) is 21.0. The van der Waals surface area contributed by atoms with E-state index >= 15 is 0 Å². The lowest BCUT2D eigenvalue weighted by atomic mass is 10.0. The Hall–Kier alpha value is -3.01. The fourth-order valence-electron chi connectivity index (χ4n) is 4.01. The first-order valence-electron chi connectivity index (χ1n) is 10.9. The Balaban J connectivity index is 1.48. The maximum atomic E-state index is 13.4. The minimum atomic E-state index is -3.86. The highest BCUT2D eigenvalue weighted by molar-refractivity contribution is 7.89. The van der Waals surface area contributed by atoms with Crippen LogP contribution in [0.15, 0.2) is 58.8 Å². The molecule has 0 saturated heterocycles. The molecule has 2 heterocycles. The number of rotatable bonds is 6. The van der Waals surface area contributed by atoms with Crippen molar-refractivity contribution in [2.24, 2.45) is 0 Å². The number of carbonyl (C=O) groups excluding carboxylic acids is 2. The summed E-state index contributed by atoms with van der Waals surface area (Å²) in [6.07, 6.45) is 0.626. The molecule has 0 radical (unpaired) electrons. The van der Waals surface area contributed by atoms with Gasteiger partial charge in [-0.15, -0.1) is 11.3 Å². The number of fused-ring (bicyclic) bond motifs is 1. The van der Waals surface area contributed by atoms with Gasteiger partial charge in [0.15, 0.2) is 0 Å². The molecule has 0 atom stereocenters. The van der Waals surface area contributed by atoms with Crippen LogP contribution in [0.2, 0.25) is 0 Å². The Labute approximate surface area is 204 Å². The lowest BCUT2D eigenvalue weighted by molar-refractivity contribution is -0.116. The molecular formula is C25H27N3O4S2. The number of benzene rings is 2. The Kier molecular flexibility index (Phi) is 6.88. The van der Waals surface area contributed by atoms with Crippen molar-refractivity contribution in [3.05, 3.63) is 81.0 Å². The summed E-state index contributed by atoms with van der Waals surface area (Å²) in [5.41, 5.74) is 4.82. The molecule has 1 aliphatic heterocycles. The van der Waals surface area contributed by atoms with Gasteiger partial charge >= 0.3 is 0 Å². The summed E-state index contributed by atoms with van der Waals surface area (Å²) in [5, 5.41) is 4.43. The third kappa shape index (κ3) is 4.77. The number of nitrogens with zero attached hydrogens (tertiary/aromatic N) is 2. The Bertz CT molecular complexity index is 1350. The van der Waals surface area contributed by atoms with E-state index in [-0.39, 0.29) is 28.8 Å². The van der Waals surface area contributed by atoms with Gasteiger partial charge < -0.3 is 10.2 Å². The van der Waals surface area contributed by atoms with E-state index in [1.807, 2.05) is 56.3 Å². The van der Waals surface area contributed by atoms with Crippen LogP contribution in [0.3, 0.4) is 0 Å². The number of hydrogen-bond donors (Lipinski definition) is 1. The SMILES string of the molecule is Cc1cccc(NC(=O)CN(C)C(=O)c2sccc2S(=O)(=O)N2CCc3ccccc3C2)c1C. The summed E-state index contributed by atoms with van der Waals surface area (Å²) >= 11 is 1.07. The van der Waals surface area contributed by atoms with Gasteiger partial charge in [0.2, 0.25) is 15.9 Å². The molecule has 0 aliphatic carbocycles. The van der Waals surface area contributed by atoms with Gasteiger partial charge in [0, 0.05) is 25.8 Å². The number of thiophene rings is 1. The smallest absolute Gasteiger partial charge is 0.265 e. The third-order valence-electron chi connectivity index (χ3n) is 6.14. The van der Waals surface area contributed by atoms with Crippen LogP contribution in [-0.4, -0.2) is 49.6 Å². The highest BCUT2D eigenvalue weighted by Gasteiger charge is 2.33. The molecule has 0 bridgehead atoms. The van der Waals surface area contributed by atoms with Gasteiger partial charge in [-0.2, -0.15) is 4.31 Å². The zero-order chi connectivity index (χ0) is 24.5. The highest BCUT2D eigenvalue weighted by Crippen LogP contribution is 2.30. The fourth-order valence-corrected chi connectivity index (χ4v) is 6.82. The van der Waals surface area contributed by atoms with Crippen LogP contribution in [-0.2, 0) is 27.8 Å². The molecule has 0 unspecified atom stereocenters. The van der Waals surface area contributed by atoms with Crippen molar-refractivity contribution in [1.29, 1.82) is 0 Å². The number of amides is 2. The number of anilines is 1. The Morgan fingerprint density at radius 3 is 2.56 bits per heavy atom. The van der Waals surface area contributed by atoms with E-state index in [1.165, 1.54) is 22.3 Å². The first kappa shape index (κ1) is 24.1. The second-order valence-corrected chi connectivity index (χ2v) is 11.3. The van der Waals surface area contributed by atoms with Gasteiger partial charge in [0.1, 0.15) is 9.77 Å². The van der Waals surface area contributed by atoms with Crippen LogP contribution >= 0.6 is 11.3 Å². The van der Waals surface area contributed by atoms with Crippen LogP contribution in [0, 0.1) is 13.8 Å². The molecule has 0 spiro atoms. The molecule has 7 nitrogen and oxygen atoms in total. The van der Waals surface area contributed by atoms with Gasteiger partial charge in [-0.05, 0) is 60.0 Å². The summed E-state index contributed by atoms with van der Waals surface area (Å²) in [7, 11) is -2.36. The second kappa shape index (κ2) is 9.69. The van der Waals surface area contributed by atoms with Crippen LogP contribution in [0.5, 0.6) is 0 Å². The molecule has 1 aromatic heterocycles. The van der Waals surface area contributed by atoms with E-state index in [1.54, 1.807) is 5.38 Å². The maximum Gasteiger partial charge on any atom is 0.265 e. The van der Waals surface area contributed by atoms with Gasteiger partial charge in [0.05, 0.1) is 6.54 Å². The molecule has 2 amide bonds. The fraction of sp³-hybridized carbons (Fsp3) is 0.280. The molecule has 178 valence electrons. The van der Waals surface area contributed by atoms with Gasteiger partial charge in [0.25, 0.3) is 5.91 Å². The second-order valence-electron chi connectivity index (χ2n) is 8.43. The number of hydrogen-bond acceptors (Lipinski definition) is 5. The maximum absolute atomic E-state index is 13.4. The van der Waals surface area contributed by atoms with Crippen molar-refractivity contribution in [3.63, 3.8) is 0 Å². The van der Waals surface area contributed by atoms with Gasteiger partial charge in [-0.1, -0.05) is 36.4 Å². The normalized spacial score (nSPS) is 13.9. The molecule has 1 aliphatic rings. The molecule has 2 aromatic carbocycles. The molecule has 34 heavy (non-hydrogen) atoms. The van der Waals surface area contributed by atoms with E-state index in [2.05, 4.69) is 5.32 Å². The molecule has 9 heteroatoms. The monoisotopic (exact) mass is 497 g/mol. The van der Waals surface area contributed by atoms with Crippen LogP contribution < -0.4 is 5.32 Å². The summed E-state index contributed by atoms with van der Waals surface area (Å²) in [5.74, 6) is -0.847. The Morgan fingerprint density at radius 2 is 1.79 bits per heavy atom. The quantitative estimate of drug-likeness (QED) is 0.561. The summed E-state index contributed by atoms with van der Waals surface area (Å²) < 4.78 is 28.3. The van der Waals surface area contributed by atoms with Gasteiger partial charge in [-0.25, -0.2) is 8.42 Å². The summed E-state index contributed by atoms with van der Waals surface area (Å²) in [4.78, 5) is 27.1. The van der Waals surface area contributed by atoms with E-state index in [9.17, 15) is 18.0 Å². The minimum absolute atomic E-state index is 0.0105. The van der Waals surface area contributed by atoms with Crippen LogP contribution in [0.4, 0.5) is 5.69 Å². The van der Waals surface area contributed by atoms with E-state index in [0.717, 1.165) is 33.6 Å². The average Bonchev–Trinajstić information content (AvgIpc) is 3.32. The average molecular weight is 498 g/mol. The lowest BCUT2D eigenvalue weighted by Crippen LogP contribution is -2.38. The summed E-state index contributed by atoms with van der Waals surface area (Å²) in [6, 6.07) is 14.9. The molecule has 0 saturated carbocycles. The molecule has 3 aromatic rings. The number of sulfonamides is 1. The Morgan fingerprint density at radius 1 is 1.06 bits per heavy atom. The predicted octanol–water partition coefficient (Wildman–Crippen LogP) is 3.82. The molecule has 0 fully saturated rings. The molecule has 1 N–H and O–H groups in total. The standard InChI is InChI=1S/C25H27N3O4S2/c1-17-7-6-10-21(18(17)2)26-23(29)16-27(3)25(30)24-22(12-14-33-24)34(31,32)28-13-11-19-8-4-5-9-20(19)15-28/h4-10,12,14H,11,13,15-16H2,1-3H3,(H,26,29). The van der Waals surface area contributed by atoms with Crippen molar-refractivity contribution in [3.8, 4) is 0 Å². The van der Waals surface area contributed by atoms with Crippen LogP contribution in [0.1, 0.15) is 31.9 Å². The van der Waals surface area contributed by atoms with Crippen molar-refractivity contribution >= 4 is 38.9 Å².